The second-order valence-electron chi connectivity index (χ2n) is 4.05. The van der Waals surface area contributed by atoms with Gasteiger partial charge < -0.3 is 0 Å². The van der Waals surface area contributed by atoms with Gasteiger partial charge in [0.2, 0.25) is 0 Å². The molecule has 1 N–H and O–H groups in total. The third-order valence-electron chi connectivity index (χ3n) is 2.85. The maximum Gasteiger partial charge on any atom is 0.351 e. The Morgan fingerprint density at radius 3 is 2.74 bits per heavy atom. The number of hydrazine groups is 2. The zero-order valence-corrected chi connectivity index (χ0v) is 10.1. The molecule has 0 unspecified atom stereocenters. The number of amides is 2. The normalized spacial score (nSPS) is 14.1. The Morgan fingerprint density at radius 2 is 2.00 bits per heavy atom. The van der Waals surface area contributed by atoms with Crippen LogP contribution in [0.2, 0.25) is 0 Å². The van der Waals surface area contributed by atoms with E-state index in [2.05, 4.69) is 10.4 Å². The molecule has 0 spiro atoms. The average Bonchev–Trinajstić information content (AvgIpc) is 2.91. The molecule has 0 atom stereocenters. The Labute approximate surface area is 109 Å². The van der Waals surface area contributed by atoms with Gasteiger partial charge in [-0.25, -0.2) is 19.4 Å². The van der Waals surface area contributed by atoms with E-state index in [0.29, 0.717) is 11.4 Å². The number of aromatic nitrogens is 2. The summed E-state index contributed by atoms with van der Waals surface area (Å²) >= 11 is 0. The Bertz CT molecular complexity index is 637. The lowest BCUT2D eigenvalue weighted by Crippen LogP contribution is -2.55. The number of anilines is 1. The van der Waals surface area contributed by atoms with Gasteiger partial charge in [-0.3, -0.25) is 10.2 Å². The van der Waals surface area contributed by atoms with Crippen LogP contribution in [0.25, 0.3) is 0 Å². The van der Waals surface area contributed by atoms with Crippen LogP contribution >= 0.6 is 0 Å². The average molecular weight is 257 g/mol. The van der Waals surface area contributed by atoms with E-state index in [1.165, 1.54) is 29.1 Å². The van der Waals surface area contributed by atoms with Crippen LogP contribution in [-0.2, 0) is 0 Å². The van der Waals surface area contributed by atoms with Gasteiger partial charge >= 0.3 is 6.03 Å². The quantitative estimate of drug-likeness (QED) is 0.832. The van der Waals surface area contributed by atoms with Gasteiger partial charge in [0.25, 0.3) is 5.91 Å². The van der Waals surface area contributed by atoms with E-state index in [0.717, 1.165) is 5.12 Å². The largest absolute Gasteiger partial charge is 0.351 e. The molecule has 0 aliphatic carbocycles. The van der Waals surface area contributed by atoms with Gasteiger partial charge in [-0.05, 0) is 12.1 Å². The van der Waals surface area contributed by atoms with E-state index in [-0.39, 0.29) is 11.9 Å². The molecule has 1 aliphatic rings. The molecule has 0 bridgehead atoms. The number of rotatable bonds is 1. The first-order valence-corrected chi connectivity index (χ1v) is 5.65. The number of nitrogens with zero attached hydrogens (tertiary/aromatic N) is 4. The summed E-state index contributed by atoms with van der Waals surface area (Å²) < 4.78 is 1.33. The highest BCUT2D eigenvalue weighted by Gasteiger charge is 2.31. The van der Waals surface area contributed by atoms with Crippen LogP contribution in [0, 0.1) is 0 Å². The van der Waals surface area contributed by atoms with E-state index in [1.807, 2.05) is 6.07 Å². The third kappa shape index (κ3) is 1.71. The van der Waals surface area contributed by atoms with Crippen molar-refractivity contribution in [3.05, 3.63) is 48.4 Å². The summed E-state index contributed by atoms with van der Waals surface area (Å²) in [5, 5.41) is 2.36. The first kappa shape index (κ1) is 11.3. The SMILES string of the molecule is CN1C(=O)n2cncc2NN1C(=O)c1ccccc1. The molecule has 1 aromatic heterocycles. The van der Waals surface area contributed by atoms with Crippen LogP contribution < -0.4 is 5.43 Å². The minimum absolute atomic E-state index is 0.316. The van der Waals surface area contributed by atoms with Crippen molar-refractivity contribution in [2.75, 3.05) is 12.5 Å². The molecule has 0 radical (unpaired) electrons. The maximum absolute atomic E-state index is 12.3. The van der Waals surface area contributed by atoms with Crippen molar-refractivity contribution >= 4 is 17.8 Å². The maximum atomic E-state index is 12.3. The van der Waals surface area contributed by atoms with Crippen molar-refractivity contribution in [1.82, 2.24) is 19.7 Å². The number of nitrogens with one attached hydrogen (secondary N) is 1. The van der Waals surface area contributed by atoms with E-state index in [1.54, 1.807) is 24.3 Å². The number of carbonyl (C=O) groups excluding carboxylic acids is 2. The number of hydrogen-bond acceptors (Lipinski definition) is 4. The molecule has 7 heteroatoms. The predicted molar refractivity (Wildman–Crippen MR) is 67.0 cm³/mol. The number of hydrogen-bond donors (Lipinski definition) is 1. The number of fused-ring (bicyclic) bond motifs is 1. The molecule has 1 aliphatic heterocycles. The molecule has 19 heavy (non-hydrogen) atoms. The molecule has 2 heterocycles. The molecular formula is C12H11N5O2. The van der Waals surface area contributed by atoms with Gasteiger partial charge in [0.1, 0.15) is 6.33 Å². The molecule has 2 amide bonds. The topological polar surface area (TPSA) is 70.5 Å². The molecule has 2 aromatic rings. The zero-order chi connectivity index (χ0) is 13.4. The molecule has 0 fully saturated rings. The number of imidazole rings is 1. The highest BCUT2D eigenvalue weighted by Crippen LogP contribution is 2.18. The van der Waals surface area contributed by atoms with Crippen molar-refractivity contribution in [3.8, 4) is 0 Å². The molecule has 7 nitrogen and oxygen atoms in total. The van der Waals surface area contributed by atoms with Gasteiger partial charge in [-0.15, -0.1) is 5.12 Å². The standard InChI is InChI=1S/C12H11N5O2/c1-15-12(19)16-8-13-7-10(16)14-17(15)11(18)9-5-3-2-4-6-9/h2-8,14H,1H3. The van der Waals surface area contributed by atoms with Crippen LogP contribution in [0.5, 0.6) is 0 Å². The fraction of sp³-hybridized carbons (Fsp3) is 0.0833. The minimum atomic E-state index is -0.351. The van der Waals surface area contributed by atoms with Crippen LogP contribution in [-0.4, -0.2) is 38.7 Å². The fourth-order valence-electron chi connectivity index (χ4n) is 1.85. The van der Waals surface area contributed by atoms with Crippen molar-refractivity contribution in [2.24, 2.45) is 0 Å². The lowest BCUT2D eigenvalue weighted by molar-refractivity contribution is 0.0333. The second-order valence-corrected chi connectivity index (χ2v) is 4.05. The van der Waals surface area contributed by atoms with Gasteiger partial charge in [0.05, 0.1) is 6.20 Å². The highest BCUT2D eigenvalue weighted by molar-refractivity contribution is 5.97. The second kappa shape index (κ2) is 4.13. The van der Waals surface area contributed by atoms with E-state index in [9.17, 15) is 9.59 Å². The molecular weight excluding hydrogens is 246 g/mol. The predicted octanol–water partition coefficient (Wildman–Crippen LogP) is 1.18. The molecule has 0 saturated heterocycles. The molecule has 3 rings (SSSR count). The van der Waals surface area contributed by atoms with Crippen LogP contribution in [0.1, 0.15) is 10.4 Å². The van der Waals surface area contributed by atoms with Crippen molar-refractivity contribution in [1.29, 1.82) is 0 Å². The molecule has 96 valence electrons. The number of carbonyl (C=O) groups is 2. The van der Waals surface area contributed by atoms with Crippen LogP contribution in [0.3, 0.4) is 0 Å². The van der Waals surface area contributed by atoms with E-state index < -0.39 is 0 Å². The summed E-state index contributed by atoms with van der Waals surface area (Å²) in [6.45, 7) is 0. The fourth-order valence-corrected chi connectivity index (χ4v) is 1.85. The Hall–Kier alpha value is -2.83. The molecule has 1 aromatic carbocycles. The summed E-state index contributed by atoms with van der Waals surface area (Å²) in [5.41, 5.74) is 3.33. The van der Waals surface area contributed by atoms with Gasteiger partial charge in [-0.1, -0.05) is 18.2 Å². The zero-order valence-electron chi connectivity index (χ0n) is 10.1. The summed E-state index contributed by atoms with van der Waals surface area (Å²) in [6, 6.07) is 8.38. The van der Waals surface area contributed by atoms with Crippen molar-refractivity contribution in [3.63, 3.8) is 0 Å². The first-order valence-electron chi connectivity index (χ1n) is 5.65. The van der Waals surface area contributed by atoms with Crippen molar-refractivity contribution in [2.45, 2.75) is 0 Å². The summed E-state index contributed by atoms with van der Waals surface area (Å²) in [7, 11) is 1.51. The Morgan fingerprint density at radius 1 is 1.26 bits per heavy atom. The lowest BCUT2D eigenvalue weighted by atomic mass is 10.2. The van der Waals surface area contributed by atoms with Crippen LogP contribution in [0.4, 0.5) is 10.6 Å². The Kier molecular flexibility index (Phi) is 2.45. The van der Waals surface area contributed by atoms with Crippen LogP contribution in [0.15, 0.2) is 42.9 Å². The van der Waals surface area contributed by atoms with E-state index >= 15 is 0 Å². The summed E-state index contributed by atoms with van der Waals surface area (Å²) in [4.78, 5) is 28.2. The smallest absolute Gasteiger partial charge is 0.265 e. The number of benzene rings is 1. The first-order chi connectivity index (χ1) is 9.18. The van der Waals surface area contributed by atoms with Gasteiger partial charge in [-0.2, -0.15) is 0 Å². The van der Waals surface area contributed by atoms with E-state index in [4.69, 9.17) is 0 Å². The summed E-state index contributed by atoms with van der Waals surface area (Å²) in [5.74, 6) is 0.135. The van der Waals surface area contributed by atoms with Gasteiger partial charge in [0, 0.05) is 12.6 Å². The third-order valence-corrected chi connectivity index (χ3v) is 2.85. The summed E-state index contributed by atoms with van der Waals surface area (Å²) in [6.07, 6.45) is 2.88. The molecule has 0 saturated carbocycles. The highest BCUT2D eigenvalue weighted by atomic mass is 16.2. The van der Waals surface area contributed by atoms with Gasteiger partial charge in [0.15, 0.2) is 5.82 Å². The van der Waals surface area contributed by atoms with Crippen molar-refractivity contribution < 1.29 is 9.59 Å². The lowest BCUT2D eigenvalue weighted by Gasteiger charge is -2.36. The Balaban J connectivity index is 1.95. The minimum Gasteiger partial charge on any atom is -0.265 e. The monoisotopic (exact) mass is 257 g/mol.